The van der Waals surface area contributed by atoms with Crippen molar-refractivity contribution in [2.24, 2.45) is 0 Å². The largest absolute Gasteiger partial charge is 0.784 e. The smallest absolute Gasteiger partial charge is 0.235 e. The highest BCUT2D eigenvalue weighted by atomic mass is 32.2. The number of nitrogens with one attached hydrogen (secondary N) is 2. The lowest BCUT2D eigenvalue weighted by atomic mass is 9.79. The van der Waals surface area contributed by atoms with E-state index in [1.165, 1.54) is 0 Å². The summed E-state index contributed by atoms with van der Waals surface area (Å²) < 4.78 is 28.5. The van der Waals surface area contributed by atoms with Gasteiger partial charge in [0.25, 0.3) is 0 Å². The third-order valence-corrected chi connectivity index (χ3v) is 12.3. The fraction of sp³-hybridized carbons (Fsp3) is 0.684. The van der Waals surface area contributed by atoms with Gasteiger partial charge in [0, 0.05) is 52.7 Å². The fourth-order valence-corrected chi connectivity index (χ4v) is 9.72. The number of hydrogen-bond donors (Lipinski definition) is 2. The molecule has 2 amide bonds. The lowest BCUT2D eigenvalue weighted by Crippen LogP contribution is -2.62. The Morgan fingerprint density at radius 1 is 0.800 bits per heavy atom. The molecule has 12 heteroatoms. The average molecular weight is 714 g/mol. The lowest BCUT2D eigenvalue weighted by molar-refractivity contribution is -0.122. The van der Waals surface area contributed by atoms with Crippen molar-refractivity contribution in [3.8, 4) is 0 Å². The van der Waals surface area contributed by atoms with Crippen LogP contribution >= 0.6 is 0 Å². The molecule has 0 aliphatic carbocycles. The second-order valence-electron chi connectivity index (χ2n) is 17.3. The molecule has 280 valence electrons. The van der Waals surface area contributed by atoms with Crippen molar-refractivity contribution < 1.29 is 18.0 Å². The van der Waals surface area contributed by atoms with Gasteiger partial charge in [-0.15, -0.1) is 0 Å². The van der Waals surface area contributed by atoms with E-state index in [2.05, 4.69) is 29.0 Å². The topological polar surface area (TPSA) is 150 Å². The molecule has 2 aliphatic heterocycles. The number of piperidine rings is 2. The number of aromatic nitrogens is 1. The summed E-state index contributed by atoms with van der Waals surface area (Å²) in [6.07, 6.45) is 8.04. The summed E-state index contributed by atoms with van der Waals surface area (Å²) in [5, 5.41) is 33.6. The monoisotopic (exact) mass is 713 g/mol. The van der Waals surface area contributed by atoms with Crippen molar-refractivity contribution in [1.29, 1.82) is 0 Å². The van der Waals surface area contributed by atoms with Crippen LogP contribution < -0.4 is 10.6 Å². The predicted molar refractivity (Wildman–Crippen MR) is 198 cm³/mol. The summed E-state index contributed by atoms with van der Waals surface area (Å²) in [7, 11) is -3.86. The summed E-state index contributed by atoms with van der Waals surface area (Å²) in [4.78, 5) is 26.0. The van der Waals surface area contributed by atoms with Gasteiger partial charge >= 0.3 is 0 Å². The second kappa shape index (κ2) is 14.7. The summed E-state index contributed by atoms with van der Waals surface area (Å²) in [5.74, 6) is -1.09. The highest BCUT2D eigenvalue weighted by Gasteiger charge is 2.42. The van der Waals surface area contributed by atoms with E-state index in [1.807, 2.05) is 86.0 Å². The minimum Gasteiger partial charge on any atom is -0.784 e. The van der Waals surface area contributed by atoms with E-state index >= 15 is 0 Å². The molecular weight excluding hydrogens is 655 g/mol. The van der Waals surface area contributed by atoms with Crippen LogP contribution in [0.1, 0.15) is 131 Å². The van der Waals surface area contributed by atoms with E-state index in [1.54, 1.807) is 12.1 Å². The Morgan fingerprint density at radius 2 is 1.26 bits per heavy atom. The van der Waals surface area contributed by atoms with Crippen molar-refractivity contribution in [3.63, 3.8) is 0 Å². The SMILES string of the molecule is CCC(CC(C)n1ccc(CC(=O)NC2CC(C)(C)N([O-])C(C)(C)C2)c1)c1ccc(S(=O)(=O)CC(=O)NC2CC(C)(C)N([O-])C(C)(C)C2)cc1. The van der Waals surface area contributed by atoms with Crippen LogP contribution in [-0.4, -0.2) is 74.9 Å². The maximum absolute atomic E-state index is 13.2. The van der Waals surface area contributed by atoms with Crippen molar-refractivity contribution in [1.82, 2.24) is 25.3 Å². The molecule has 1 aromatic heterocycles. The van der Waals surface area contributed by atoms with Crippen molar-refractivity contribution >= 4 is 21.7 Å². The highest BCUT2D eigenvalue weighted by Crippen LogP contribution is 2.39. The molecular formula is C38H59N5O6S-2. The molecule has 0 radical (unpaired) electrons. The van der Waals surface area contributed by atoms with Gasteiger partial charge in [0.2, 0.25) is 11.8 Å². The van der Waals surface area contributed by atoms with Gasteiger partial charge in [-0.3, -0.25) is 9.59 Å². The van der Waals surface area contributed by atoms with Gasteiger partial charge in [-0.1, -0.05) is 19.1 Å². The van der Waals surface area contributed by atoms with Gasteiger partial charge in [-0.2, -0.15) is 0 Å². The summed E-state index contributed by atoms with van der Waals surface area (Å²) >= 11 is 0. The number of sulfone groups is 1. The van der Waals surface area contributed by atoms with E-state index in [0.717, 1.165) is 34.1 Å². The minimum atomic E-state index is -3.86. The Labute approximate surface area is 299 Å². The van der Waals surface area contributed by atoms with Crippen LogP contribution in [0, 0.1) is 10.4 Å². The zero-order chi connectivity index (χ0) is 37.4. The van der Waals surface area contributed by atoms with Crippen LogP contribution in [0.2, 0.25) is 0 Å². The fourth-order valence-electron chi connectivity index (χ4n) is 8.58. The Hall–Kier alpha value is -2.77. The van der Waals surface area contributed by atoms with Gasteiger partial charge in [0.1, 0.15) is 5.75 Å². The van der Waals surface area contributed by atoms with Gasteiger partial charge in [-0.25, -0.2) is 8.42 Å². The van der Waals surface area contributed by atoms with Crippen LogP contribution in [0.15, 0.2) is 47.6 Å². The number of rotatable bonds is 12. The van der Waals surface area contributed by atoms with Crippen LogP contribution in [0.4, 0.5) is 0 Å². The molecule has 3 heterocycles. The molecule has 4 rings (SSSR count). The summed E-state index contributed by atoms with van der Waals surface area (Å²) in [5.41, 5.74) is -0.493. The zero-order valence-electron chi connectivity index (χ0n) is 31.7. The van der Waals surface area contributed by atoms with E-state index in [4.69, 9.17) is 0 Å². The summed E-state index contributed by atoms with van der Waals surface area (Å²) in [6, 6.07) is 8.61. The van der Waals surface area contributed by atoms with Crippen LogP contribution in [0.5, 0.6) is 0 Å². The van der Waals surface area contributed by atoms with Crippen LogP contribution in [-0.2, 0) is 25.8 Å². The molecule has 0 bridgehead atoms. The number of carbonyl (C=O) groups is 2. The van der Waals surface area contributed by atoms with Crippen LogP contribution in [0.3, 0.4) is 0 Å². The van der Waals surface area contributed by atoms with Crippen molar-refractivity contribution in [2.75, 3.05) is 5.75 Å². The van der Waals surface area contributed by atoms with E-state index in [9.17, 15) is 28.4 Å². The number of amides is 2. The Balaban J connectivity index is 1.31. The number of hydrogen-bond acceptors (Lipinski definition) is 8. The molecule has 11 nitrogen and oxygen atoms in total. The van der Waals surface area contributed by atoms with E-state index in [0.29, 0.717) is 25.7 Å². The maximum atomic E-state index is 13.2. The standard InChI is InChI=1S/C38H59N5O6S/c1-11-28(18-26(2)41-17-16-27(24-41)19-33(44)39-30-20-35(3,4)42(46)36(5,6)21-30)29-12-14-32(15-13-29)50(48,49)25-34(45)40-31-22-37(7,8)43(47)38(9,10)23-31/h12-17,24,26,28,30-31H,11,18-23,25H2,1-10H3,(H,39,44)(H,40,45)/q-2. The first kappa shape index (κ1) is 40.0. The highest BCUT2D eigenvalue weighted by molar-refractivity contribution is 7.92. The molecule has 2 fully saturated rings. The maximum Gasteiger partial charge on any atom is 0.235 e. The zero-order valence-corrected chi connectivity index (χ0v) is 32.5. The molecule has 0 saturated carbocycles. The number of carbonyl (C=O) groups excluding carboxylic acids is 2. The quantitative estimate of drug-likeness (QED) is 0.263. The van der Waals surface area contributed by atoms with Crippen LogP contribution in [0.25, 0.3) is 0 Å². The molecule has 2 aromatic rings. The first-order valence-electron chi connectivity index (χ1n) is 18.0. The lowest BCUT2D eigenvalue weighted by Gasteiger charge is -2.60. The van der Waals surface area contributed by atoms with Gasteiger partial charge < -0.3 is 35.7 Å². The molecule has 2 saturated heterocycles. The van der Waals surface area contributed by atoms with E-state index < -0.39 is 43.7 Å². The first-order chi connectivity index (χ1) is 23.0. The number of nitrogens with zero attached hydrogens (tertiary/aromatic N) is 3. The van der Waals surface area contributed by atoms with Gasteiger partial charge in [0.05, 0.1) is 11.3 Å². The Bertz CT molecular complexity index is 1580. The molecule has 2 N–H and O–H groups in total. The van der Waals surface area contributed by atoms with Gasteiger partial charge in [0.15, 0.2) is 9.84 Å². The molecule has 2 atom stereocenters. The number of hydroxylamine groups is 4. The molecule has 0 spiro atoms. The van der Waals surface area contributed by atoms with Gasteiger partial charge in [-0.05, 0) is 136 Å². The minimum absolute atomic E-state index is 0.0530. The number of benzene rings is 1. The third-order valence-electron chi connectivity index (χ3n) is 10.7. The van der Waals surface area contributed by atoms with E-state index in [-0.39, 0.29) is 41.3 Å². The second-order valence-corrected chi connectivity index (χ2v) is 19.3. The summed E-state index contributed by atoms with van der Waals surface area (Å²) in [6.45, 7) is 19.3. The van der Waals surface area contributed by atoms with Crippen molar-refractivity contribution in [2.45, 2.75) is 165 Å². The Morgan fingerprint density at radius 3 is 1.72 bits per heavy atom. The molecule has 1 aromatic carbocycles. The molecule has 2 unspecified atom stereocenters. The predicted octanol–water partition coefficient (Wildman–Crippen LogP) is 6.22. The average Bonchev–Trinajstić information content (AvgIpc) is 3.44. The third kappa shape index (κ3) is 9.36. The molecule has 2 aliphatic rings. The Kier molecular flexibility index (Phi) is 11.8. The normalized spacial score (nSPS) is 22.5. The van der Waals surface area contributed by atoms with Crippen molar-refractivity contribution in [3.05, 3.63) is 64.3 Å². The first-order valence-corrected chi connectivity index (χ1v) is 19.6. The molecule has 50 heavy (non-hydrogen) atoms.